The lowest BCUT2D eigenvalue weighted by molar-refractivity contribution is 0.423. The van der Waals surface area contributed by atoms with Crippen LogP contribution in [0.1, 0.15) is 6.42 Å². The predicted octanol–water partition coefficient (Wildman–Crippen LogP) is -1.20. The van der Waals surface area contributed by atoms with Crippen LogP contribution in [0.25, 0.3) is 0 Å². The Morgan fingerprint density at radius 2 is 2.08 bits per heavy atom. The zero-order valence-electron chi connectivity index (χ0n) is 6.18. The van der Waals surface area contributed by atoms with Gasteiger partial charge in [-0.1, -0.05) is 0 Å². The summed E-state index contributed by atoms with van der Waals surface area (Å²) in [6.45, 7) is 0.868. The van der Waals surface area contributed by atoms with Gasteiger partial charge in [0, 0.05) is 0 Å². The molecule has 0 amide bonds. The Hall–Kier alpha value is -1.28. The van der Waals surface area contributed by atoms with E-state index in [-0.39, 0.29) is 0 Å². The number of rotatable bonds is 5. The zero-order valence-corrected chi connectivity index (χ0v) is 7.00. The van der Waals surface area contributed by atoms with Gasteiger partial charge < -0.3 is 4.74 Å². The van der Waals surface area contributed by atoms with Gasteiger partial charge in [-0.15, -0.1) is 0 Å². The quantitative estimate of drug-likeness (QED) is 0.332. The summed E-state index contributed by atoms with van der Waals surface area (Å²) in [5.41, 5.74) is 0. The largest absolute Gasteiger partial charge is 0.424 e. The first kappa shape index (κ1) is 11.7. The summed E-state index contributed by atoms with van der Waals surface area (Å²) in [6, 6.07) is 0. The van der Waals surface area contributed by atoms with Gasteiger partial charge in [0.1, 0.15) is 0 Å². The lowest BCUT2D eigenvalue weighted by Gasteiger charge is -2.03. The molecule has 0 fully saturated rings. The van der Waals surface area contributed by atoms with Gasteiger partial charge in [0.05, 0.1) is 6.42 Å². The van der Waals surface area contributed by atoms with Crippen molar-refractivity contribution in [3.8, 4) is 0 Å². The molecule has 1 atom stereocenters. The first-order chi connectivity index (χ1) is 5.91. The van der Waals surface area contributed by atoms with Gasteiger partial charge >= 0.3 is 6.47 Å². The second kappa shape index (κ2) is 4.67. The van der Waals surface area contributed by atoms with Crippen LogP contribution in [0.15, 0.2) is 0 Å². The summed E-state index contributed by atoms with van der Waals surface area (Å²) < 4.78 is 32.8. The molecule has 0 aliphatic rings. The van der Waals surface area contributed by atoms with Gasteiger partial charge in [0.15, 0.2) is 11.1 Å². The minimum absolute atomic E-state index is 0.752. The highest BCUT2D eigenvalue weighted by molar-refractivity contribution is 7.87. The molecule has 0 heterocycles. The average Bonchev–Trinajstić information content (AvgIpc) is 1.98. The van der Waals surface area contributed by atoms with E-state index in [2.05, 4.69) is 4.74 Å². The topological polar surface area (TPSA) is 122 Å². The molecule has 2 N–H and O–H groups in total. The summed E-state index contributed by atoms with van der Waals surface area (Å²) in [7, 11) is -4.60. The molecule has 0 saturated carbocycles. The maximum atomic E-state index is 10.3. The molecular formula is C5H5NO6S. The number of hydrogen-bond donors (Lipinski definition) is 2. The maximum Gasteiger partial charge on any atom is 0.424 e. The molecular weight excluding hydrogens is 202 g/mol. The van der Waals surface area contributed by atoms with E-state index in [1.807, 2.05) is 0 Å². The molecule has 0 aromatic rings. The van der Waals surface area contributed by atoms with Crippen LogP contribution in [-0.2, 0) is 24.4 Å². The van der Waals surface area contributed by atoms with Crippen molar-refractivity contribution in [1.29, 1.82) is 5.41 Å². The van der Waals surface area contributed by atoms with E-state index in [1.54, 1.807) is 0 Å². The Kier molecular flexibility index (Phi) is 4.21. The van der Waals surface area contributed by atoms with Gasteiger partial charge in [-0.3, -0.25) is 14.8 Å². The highest BCUT2D eigenvalue weighted by Gasteiger charge is 2.25. The van der Waals surface area contributed by atoms with Crippen molar-refractivity contribution in [2.75, 3.05) is 0 Å². The number of nitrogens with one attached hydrogen (secondary N) is 1. The minimum Gasteiger partial charge on any atom is -0.404 e. The van der Waals surface area contributed by atoms with Gasteiger partial charge in [-0.05, 0) is 0 Å². The fraction of sp³-hybridized carbons (Fsp3) is 0.400. The lowest BCUT2D eigenvalue weighted by Crippen LogP contribution is -2.25. The summed E-state index contributed by atoms with van der Waals surface area (Å²) in [5, 5.41) is 4.85. The first-order valence-corrected chi connectivity index (χ1v) is 4.37. The third-order valence-electron chi connectivity index (χ3n) is 1.03. The first-order valence-electron chi connectivity index (χ1n) is 2.87. The Balaban J connectivity index is 4.39. The van der Waals surface area contributed by atoms with Crippen LogP contribution in [-0.4, -0.2) is 36.9 Å². The zero-order chi connectivity index (χ0) is 10.5. The standard InChI is InChI=1S/C5H5NO6S/c6-5(12-3-8)1-4(2-7)13(9,10)11/h4,6H,1H2,(H,9,10,11). The van der Waals surface area contributed by atoms with Crippen molar-refractivity contribution in [2.45, 2.75) is 11.7 Å². The third kappa shape index (κ3) is 4.33. The molecule has 0 rings (SSSR count). The fourth-order valence-corrected chi connectivity index (χ4v) is 0.952. The molecule has 8 heteroatoms. The molecule has 0 aromatic carbocycles. The van der Waals surface area contributed by atoms with Crippen molar-refractivity contribution in [3.63, 3.8) is 0 Å². The second-order valence-electron chi connectivity index (χ2n) is 1.93. The third-order valence-corrected chi connectivity index (χ3v) is 2.01. The van der Waals surface area contributed by atoms with E-state index >= 15 is 0 Å². The van der Waals surface area contributed by atoms with E-state index in [4.69, 9.17) is 9.96 Å². The van der Waals surface area contributed by atoms with Crippen LogP contribution in [0, 0.1) is 5.41 Å². The lowest BCUT2D eigenvalue weighted by atomic mass is 10.3. The van der Waals surface area contributed by atoms with Crippen molar-refractivity contribution < 1.29 is 27.3 Å². The number of hydrogen-bond acceptors (Lipinski definition) is 6. The average molecular weight is 207 g/mol. The number of ether oxygens (including phenoxy) is 1. The second-order valence-corrected chi connectivity index (χ2v) is 3.53. The number of carbonyl (C=O) groups excluding carboxylic acids is 2. The fourth-order valence-electron chi connectivity index (χ4n) is 0.468. The van der Waals surface area contributed by atoms with E-state index in [0.717, 1.165) is 12.8 Å². The van der Waals surface area contributed by atoms with Crippen molar-refractivity contribution in [3.05, 3.63) is 0 Å². The molecule has 0 aromatic heterocycles. The molecule has 0 bridgehead atoms. The molecule has 0 aliphatic heterocycles. The Bertz CT molecular complexity index is 307. The molecule has 1 unspecified atom stereocenters. The van der Waals surface area contributed by atoms with E-state index in [0.29, 0.717) is 0 Å². The predicted molar refractivity (Wildman–Crippen MR) is 40.2 cm³/mol. The van der Waals surface area contributed by atoms with Gasteiger partial charge in [-0.2, -0.15) is 8.42 Å². The molecule has 13 heavy (non-hydrogen) atoms. The Labute approximate surface area is 73.9 Å². The van der Waals surface area contributed by atoms with Crippen LogP contribution < -0.4 is 0 Å². The Morgan fingerprint density at radius 3 is 2.38 bits per heavy atom. The molecule has 0 saturated heterocycles. The molecule has 7 nitrogen and oxygen atoms in total. The van der Waals surface area contributed by atoms with Crippen molar-refractivity contribution in [1.82, 2.24) is 0 Å². The minimum atomic E-state index is -4.60. The highest BCUT2D eigenvalue weighted by atomic mass is 32.2. The molecule has 72 valence electrons. The van der Waals surface area contributed by atoms with Crippen LogP contribution >= 0.6 is 0 Å². The summed E-state index contributed by atoms with van der Waals surface area (Å²) in [4.78, 5) is 19.5. The van der Waals surface area contributed by atoms with Crippen LogP contribution in [0.5, 0.6) is 0 Å². The Morgan fingerprint density at radius 1 is 1.54 bits per heavy atom. The maximum absolute atomic E-state index is 10.3. The molecule has 2 radical (unpaired) electrons. The summed E-state index contributed by atoms with van der Waals surface area (Å²) in [6.07, 6.45) is 0.240. The summed E-state index contributed by atoms with van der Waals surface area (Å²) in [5.74, 6) is -0.791. The van der Waals surface area contributed by atoms with Gasteiger partial charge in [-0.25, -0.2) is 4.79 Å². The van der Waals surface area contributed by atoms with Crippen LogP contribution in [0.2, 0.25) is 0 Å². The van der Waals surface area contributed by atoms with E-state index < -0.39 is 27.7 Å². The highest BCUT2D eigenvalue weighted by Crippen LogP contribution is 2.02. The molecule has 0 aliphatic carbocycles. The van der Waals surface area contributed by atoms with Gasteiger partial charge in [0.2, 0.25) is 6.29 Å². The van der Waals surface area contributed by atoms with E-state index in [9.17, 15) is 18.0 Å². The SMILES string of the molecule is N=C(CC([C]=O)S(=O)(=O)O)O[C]=O. The molecule has 0 spiro atoms. The van der Waals surface area contributed by atoms with Gasteiger partial charge in [0.25, 0.3) is 10.1 Å². The monoisotopic (exact) mass is 207 g/mol. The normalized spacial score (nSPS) is 13.0. The smallest absolute Gasteiger partial charge is 0.404 e. The summed E-state index contributed by atoms with van der Waals surface area (Å²) >= 11 is 0. The van der Waals surface area contributed by atoms with E-state index in [1.165, 1.54) is 0 Å². The van der Waals surface area contributed by atoms with Crippen molar-refractivity contribution in [2.24, 2.45) is 0 Å². The van der Waals surface area contributed by atoms with Crippen LogP contribution in [0.4, 0.5) is 0 Å². The van der Waals surface area contributed by atoms with Crippen LogP contribution in [0.3, 0.4) is 0 Å². The van der Waals surface area contributed by atoms with Crippen molar-refractivity contribution >= 4 is 28.8 Å².